The molecule has 0 saturated heterocycles. The van der Waals surface area contributed by atoms with Crippen LogP contribution in [0.1, 0.15) is 33.7 Å². The van der Waals surface area contributed by atoms with Crippen molar-refractivity contribution in [1.82, 2.24) is 0 Å². The number of hydrogen-bond donors (Lipinski definition) is 1. The summed E-state index contributed by atoms with van der Waals surface area (Å²) in [4.78, 5) is 24.9. The van der Waals surface area contributed by atoms with Crippen LogP contribution in [0.5, 0.6) is 0 Å². The first-order valence-corrected chi connectivity index (χ1v) is 8.11. The smallest absolute Gasteiger partial charge is 0.255 e. The fraction of sp³-hybridized carbons (Fsp3) is 0.0952. The van der Waals surface area contributed by atoms with Crippen LogP contribution in [0.3, 0.4) is 0 Å². The van der Waals surface area contributed by atoms with Crippen molar-refractivity contribution in [2.75, 3.05) is 5.32 Å². The van der Waals surface area contributed by atoms with Crippen LogP contribution in [0, 0.1) is 0 Å². The van der Waals surface area contributed by atoms with E-state index >= 15 is 0 Å². The van der Waals surface area contributed by atoms with Crippen LogP contribution in [-0.4, -0.2) is 11.7 Å². The zero-order chi connectivity index (χ0) is 17.6. The van der Waals surface area contributed by atoms with Gasteiger partial charge in [-0.3, -0.25) is 9.59 Å². The highest BCUT2D eigenvalue weighted by molar-refractivity contribution is 6.04. The van der Waals surface area contributed by atoms with Crippen LogP contribution in [0.15, 0.2) is 85.2 Å². The molecule has 0 aliphatic carbocycles. The monoisotopic (exact) mass is 331 g/mol. The SMILES string of the molecule is C[C@@H](C(=O)c1ccccc1)[n+]1cccc(NC(=O)c2ccccc2)c1. The molecule has 0 saturated carbocycles. The summed E-state index contributed by atoms with van der Waals surface area (Å²) in [6.07, 6.45) is 3.59. The van der Waals surface area contributed by atoms with Crippen molar-refractivity contribution in [1.29, 1.82) is 0 Å². The highest BCUT2D eigenvalue weighted by atomic mass is 16.1. The van der Waals surface area contributed by atoms with E-state index < -0.39 is 0 Å². The largest absolute Gasteiger partial charge is 0.317 e. The molecule has 3 rings (SSSR count). The van der Waals surface area contributed by atoms with Gasteiger partial charge < -0.3 is 5.32 Å². The Bertz CT molecular complexity index is 877. The van der Waals surface area contributed by atoms with Crippen molar-refractivity contribution in [3.63, 3.8) is 0 Å². The Kier molecular flexibility index (Phi) is 5.00. The van der Waals surface area contributed by atoms with Gasteiger partial charge in [-0.15, -0.1) is 0 Å². The number of nitrogens with one attached hydrogen (secondary N) is 1. The Balaban J connectivity index is 1.77. The fourth-order valence-electron chi connectivity index (χ4n) is 2.58. The van der Waals surface area contributed by atoms with Gasteiger partial charge in [0.1, 0.15) is 5.69 Å². The minimum atomic E-state index is -0.365. The number of carbonyl (C=O) groups is 2. The van der Waals surface area contributed by atoms with Crippen molar-refractivity contribution in [3.05, 3.63) is 96.3 Å². The number of nitrogens with zero attached hydrogens (tertiary/aromatic N) is 1. The second-order valence-electron chi connectivity index (χ2n) is 5.77. The summed E-state index contributed by atoms with van der Waals surface area (Å²) in [6.45, 7) is 1.85. The maximum absolute atomic E-state index is 12.6. The van der Waals surface area contributed by atoms with Crippen LogP contribution in [0.25, 0.3) is 0 Å². The lowest BCUT2D eigenvalue weighted by Crippen LogP contribution is -2.42. The minimum absolute atomic E-state index is 0.0251. The summed E-state index contributed by atoms with van der Waals surface area (Å²) >= 11 is 0. The molecule has 0 unspecified atom stereocenters. The Labute approximate surface area is 146 Å². The van der Waals surface area contributed by atoms with Crippen molar-refractivity contribution >= 4 is 17.4 Å². The van der Waals surface area contributed by atoms with E-state index in [-0.39, 0.29) is 17.7 Å². The van der Waals surface area contributed by atoms with Crippen LogP contribution in [0.4, 0.5) is 5.69 Å². The first kappa shape index (κ1) is 16.6. The summed E-state index contributed by atoms with van der Waals surface area (Å²) in [5, 5.41) is 2.86. The van der Waals surface area contributed by atoms with E-state index in [1.165, 1.54) is 0 Å². The van der Waals surface area contributed by atoms with Gasteiger partial charge in [-0.25, -0.2) is 0 Å². The molecule has 4 nitrogen and oxygen atoms in total. The number of anilines is 1. The topological polar surface area (TPSA) is 50.0 Å². The van der Waals surface area contributed by atoms with E-state index in [1.54, 1.807) is 41.1 Å². The number of benzene rings is 2. The molecule has 1 amide bonds. The maximum Gasteiger partial charge on any atom is 0.255 e. The highest BCUT2D eigenvalue weighted by Gasteiger charge is 2.23. The Morgan fingerprint density at radius 2 is 1.44 bits per heavy atom. The molecular weight excluding hydrogens is 312 g/mol. The molecule has 3 aromatic rings. The van der Waals surface area contributed by atoms with Crippen molar-refractivity contribution in [2.45, 2.75) is 13.0 Å². The molecule has 1 aromatic heterocycles. The molecule has 25 heavy (non-hydrogen) atoms. The fourth-order valence-corrected chi connectivity index (χ4v) is 2.58. The first-order chi connectivity index (χ1) is 12.1. The lowest BCUT2D eigenvalue weighted by Gasteiger charge is -2.08. The summed E-state index contributed by atoms with van der Waals surface area (Å²) in [7, 11) is 0. The predicted octanol–water partition coefficient (Wildman–Crippen LogP) is 3.67. The van der Waals surface area contributed by atoms with E-state index in [2.05, 4.69) is 5.32 Å². The standard InChI is InChI=1S/C21H18N2O2/c1-16(20(24)17-9-4-2-5-10-17)23-14-8-13-19(15-23)22-21(25)18-11-6-3-7-12-18/h2-16H,1H3/p+1/t16-/m0/s1. The number of hydrogen-bond acceptors (Lipinski definition) is 2. The lowest BCUT2D eigenvalue weighted by atomic mass is 10.1. The van der Waals surface area contributed by atoms with E-state index in [4.69, 9.17) is 0 Å². The Hall–Kier alpha value is -3.27. The highest BCUT2D eigenvalue weighted by Crippen LogP contribution is 2.11. The van der Waals surface area contributed by atoms with Gasteiger partial charge in [0.05, 0.1) is 0 Å². The quantitative estimate of drug-likeness (QED) is 0.573. The molecule has 2 aromatic carbocycles. The third kappa shape index (κ3) is 3.98. The summed E-state index contributed by atoms with van der Waals surface area (Å²) in [5.41, 5.74) is 1.90. The maximum atomic E-state index is 12.6. The number of aromatic nitrogens is 1. The normalized spacial score (nSPS) is 11.6. The van der Waals surface area contributed by atoms with Gasteiger partial charge in [0.15, 0.2) is 12.4 Å². The van der Waals surface area contributed by atoms with Gasteiger partial charge in [-0.2, -0.15) is 4.57 Å². The molecule has 0 radical (unpaired) electrons. The third-order valence-corrected chi connectivity index (χ3v) is 4.00. The number of ketones is 1. The summed E-state index contributed by atoms with van der Waals surface area (Å²) in [5.74, 6) is -0.155. The average molecular weight is 331 g/mol. The zero-order valence-corrected chi connectivity index (χ0v) is 13.9. The molecule has 1 N–H and O–H groups in total. The van der Waals surface area contributed by atoms with E-state index in [0.717, 1.165) is 0 Å². The third-order valence-electron chi connectivity index (χ3n) is 4.00. The van der Waals surface area contributed by atoms with Crippen molar-refractivity contribution < 1.29 is 14.2 Å². The number of pyridine rings is 1. The van der Waals surface area contributed by atoms with E-state index in [9.17, 15) is 9.59 Å². The second kappa shape index (κ2) is 7.53. The van der Waals surface area contributed by atoms with Crippen molar-refractivity contribution in [2.24, 2.45) is 0 Å². The van der Waals surface area contributed by atoms with Crippen LogP contribution < -0.4 is 9.88 Å². The van der Waals surface area contributed by atoms with Crippen LogP contribution >= 0.6 is 0 Å². The van der Waals surface area contributed by atoms with E-state index in [1.807, 2.05) is 55.6 Å². The molecule has 0 fully saturated rings. The van der Waals surface area contributed by atoms with Crippen LogP contribution in [0.2, 0.25) is 0 Å². The molecule has 0 spiro atoms. The first-order valence-electron chi connectivity index (χ1n) is 8.11. The molecule has 1 heterocycles. The molecule has 4 heteroatoms. The zero-order valence-electron chi connectivity index (χ0n) is 13.9. The molecule has 0 aliphatic rings. The second-order valence-corrected chi connectivity index (χ2v) is 5.77. The minimum Gasteiger partial charge on any atom is -0.317 e. The van der Waals surface area contributed by atoms with Gasteiger partial charge in [0, 0.05) is 24.1 Å². The lowest BCUT2D eigenvalue weighted by molar-refractivity contribution is -0.704. The number of amides is 1. The van der Waals surface area contributed by atoms with E-state index in [0.29, 0.717) is 16.8 Å². The van der Waals surface area contributed by atoms with Gasteiger partial charge in [-0.1, -0.05) is 48.5 Å². The van der Waals surface area contributed by atoms with Gasteiger partial charge >= 0.3 is 0 Å². The van der Waals surface area contributed by atoms with Gasteiger partial charge in [-0.05, 0) is 18.2 Å². The summed E-state index contributed by atoms with van der Waals surface area (Å²) in [6, 6.07) is 21.5. The van der Waals surface area contributed by atoms with Gasteiger partial charge in [0.25, 0.3) is 5.91 Å². The average Bonchev–Trinajstić information content (AvgIpc) is 2.68. The van der Waals surface area contributed by atoms with Crippen molar-refractivity contribution in [3.8, 4) is 0 Å². The predicted molar refractivity (Wildman–Crippen MR) is 96.5 cm³/mol. The molecule has 0 aliphatic heterocycles. The Morgan fingerprint density at radius 3 is 2.08 bits per heavy atom. The molecule has 1 atom stereocenters. The molecule has 124 valence electrons. The van der Waals surface area contributed by atoms with Gasteiger partial charge in [0.2, 0.25) is 11.8 Å². The molecular formula is C21H19N2O2+. The number of rotatable bonds is 5. The molecule has 0 bridgehead atoms. The Morgan fingerprint density at radius 1 is 0.840 bits per heavy atom. The number of carbonyl (C=O) groups excluding carboxylic acids is 2. The van der Waals surface area contributed by atoms with Crippen LogP contribution in [-0.2, 0) is 0 Å². The summed E-state index contributed by atoms with van der Waals surface area (Å²) < 4.78 is 1.80. The number of Topliss-reactive ketones (excluding diaryl/α,β-unsaturated/α-hetero) is 1.